The second-order valence-corrected chi connectivity index (χ2v) is 5.34. The minimum Gasteiger partial charge on any atom is -0.383 e. The van der Waals surface area contributed by atoms with Crippen LogP contribution in [-0.4, -0.2) is 17.2 Å². The lowest BCUT2D eigenvalue weighted by Gasteiger charge is -2.07. The molecule has 136 valence electrons. The van der Waals surface area contributed by atoms with Gasteiger partial charge in [0.15, 0.2) is 0 Å². The Bertz CT molecular complexity index is 658. The van der Waals surface area contributed by atoms with Crippen molar-refractivity contribution in [3.8, 4) is 11.3 Å². The zero-order valence-corrected chi connectivity index (χ0v) is 16.4. The van der Waals surface area contributed by atoms with Gasteiger partial charge in [0.05, 0.1) is 5.69 Å². The fourth-order valence-corrected chi connectivity index (χ4v) is 2.03. The molecule has 0 aliphatic rings. The first-order chi connectivity index (χ1) is 12.0. The van der Waals surface area contributed by atoms with Gasteiger partial charge < -0.3 is 5.73 Å². The molecule has 0 aliphatic carbocycles. The normalized spacial score (nSPS) is 10.1. The van der Waals surface area contributed by atoms with Crippen LogP contribution in [0.4, 0.5) is 0 Å². The number of pyridine rings is 1. The summed E-state index contributed by atoms with van der Waals surface area (Å²) in [5.74, 6) is 0.343. The Morgan fingerprint density at radius 2 is 1.80 bits per heavy atom. The summed E-state index contributed by atoms with van der Waals surface area (Å²) in [6.45, 7) is 12.4. The first-order valence-electron chi connectivity index (χ1n) is 8.95. The summed E-state index contributed by atoms with van der Waals surface area (Å²) in [7, 11) is 0. The number of nitrogens with one attached hydrogen (secondary N) is 1. The van der Waals surface area contributed by atoms with Gasteiger partial charge in [0.1, 0.15) is 12.2 Å². The Labute approximate surface area is 152 Å². The Morgan fingerprint density at radius 1 is 1.16 bits per heavy atom. The average Bonchev–Trinajstić information content (AvgIpc) is 2.64. The van der Waals surface area contributed by atoms with E-state index in [4.69, 9.17) is 11.1 Å². The first-order valence-corrected chi connectivity index (χ1v) is 8.95. The highest BCUT2D eigenvalue weighted by atomic mass is 14.9. The highest BCUT2D eigenvalue weighted by molar-refractivity contribution is 6.01. The minimum absolute atomic E-state index is 0.343. The fraction of sp³-hybridized carbons (Fsp3) is 0.381. The highest BCUT2D eigenvalue weighted by Gasteiger charge is 2.05. The lowest BCUT2D eigenvalue weighted by molar-refractivity contribution is 1.09. The number of hydrogen-bond acceptors (Lipinski definition) is 2. The molecule has 1 aromatic carbocycles. The van der Waals surface area contributed by atoms with Crippen LogP contribution in [0.2, 0.25) is 0 Å². The van der Waals surface area contributed by atoms with Crippen LogP contribution in [0.15, 0.2) is 41.5 Å². The molecule has 2 rings (SSSR count). The van der Waals surface area contributed by atoms with Crippen molar-refractivity contribution in [3.63, 3.8) is 0 Å². The highest BCUT2D eigenvalue weighted by Crippen LogP contribution is 2.21. The SMILES string of the molecule is CC.CCC.CCc1ccc(-c2cc(C)cc(C(N)=NC=N)c2)nc1. The third-order valence-electron chi connectivity index (χ3n) is 3.11. The van der Waals surface area contributed by atoms with E-state index < -0.39 is 0 Å². The molecule has 3 N–H and O–H groups in total. The summed E-state index contributed by atoms with van der Waals surface area (Å²) >= 11 is 0. The van der Waals surface area contributed by atoms with Crippen molar-refractivity contribution < 1.29 is 0 Å². The summed E-state index contributed by atoms with van der Waals surface area (Å²) in [5.41, 5.74) is 10.9. The predicted molar refractivity (Wildman–Crippen MR) is 111 cm³/mol. The molecule has 0 amide bonds. The molecular formula is C21H32N4. The van der Waals surface area contributed by atoms with E-state index in [1.54, 1.807) is 0 Å². The van der Waals surface area contributed by atoms with Gasteiger partial charge in [0.25, 0.3) is 0 Å². The molecule has 0 atom stereocenters. The summed E-state index contributed by atoms with van der Waals surface area (Å²) in [6, 6.07) is 10.1. The molecular weight excluding hydrogens is 308 g/mol. The minimum atomic E-state index is 0.343. The molecule has 1 heterocycles. The average molecular weight is 341 g/mol. The number of aliphatic imine (C=N–C) groups is 1. The van der Waals surface area contributed by atoms with Crippen molar-refractivity contribution >= 4 is 12.2 Å². The lowest BCUT2D eigenvalue weighted by Crippen LogP contribution is -2.13. The fourth-order valence-electron chi connectivity index (χ4n) is 2.03. The molecule has 1 aromatic heterocycles. The van der Waals surface area contributed by atoms with Crippen LogP contribution in [0, 0.1) is 12.3 Å². The maximum absolute atomic E-state index is 6.99. The van der Waals surface area contributed by atoms with Crippen LogP contribution in [0.1, 0.15) is 57.7 Å². The molecule has 4 nitrogen and oxygen atoms in total. The topological polar surface area (TPSA) is 75.1 Å². The van der Waals surface area contributed by atoms with E-state index in [0.29, 0.717) is 5.84 Å². The quantitative estimate of drug-likeness (QED) is 0.579. The number of nitrogens with zero attached hydrogens (tertiary/aromatic N) is 2. The van der Waals surface area contributed by atoms with Crippen molar-refractivity contribution in [1.29, 1.82) is 5.41 Å². The maximum Gasteiger partial charge on any atom is 0.132 e. The smallest absolute Gasteiger partial charge is 0.132 e. The molecule has 4 heteroatoms. The van der Waals surface area contributed by atoms with E-state index in [-0.39, 0.29) is 0 Å². The first kappa shape index (κ1) is 22.5. The van der Waals surface area contributed by atoms with Crippen LogP contribution >= 0.6 is 0 Å². The van der Waals surface area contributed by atoms with Crippen molar-refractivity contribution in [1.82, 2.24) is 4.98 Å². The Balaban J connectivity index is 0.00000104. The lowest BCUT2D eigenvalue weighted by atomic mass is 10.0. The van der Waals surface area contributed by atoms with Crippen LogP contribution in [-0.2, 0) is 6.42 Å². The van der Waals surface area contributed by atoms with Crippen molar-refractivity contribution in [2.24, 2.45) is 10.7 Å². The summed E-state index contributed by atoms with van der Waals surface area (Å²) in [6.07, 6.45) is 5.07. The maximum atomic E-state index is 6.99. The molecule has 0 unspecified atom stereocenters. The monoisotopic (exact) mass is 340 g/mol. The van der Waals surface area contributed by atoms with Crippen LogP contribution < -0.4 is 5.73 Å². The molecule has 0 saturated carbocycles. The molecule has 0 bridgehead atoms. The zero-order valence-electron chi connectivity index (χ0n) is 16.4. The Hall–Kier alpha value is -2.49. The molecule has 0 aliphatic heterocycles. The van der Waals surface area contributed by atoms with E-state index in [0.717, 1.165) is 35.1 Å². The summed E-state index contributed by atoms with van der Waals surface area (Å²) < 4.78 is 0. The van der Waals surface area contributed by atoms with Gasteiger partial charge in [0.2, 0.25) is 0 Å². The Kier molecular flexibility index (Phi) is 11.6. The van der Waals surface area contributed by atoms with E-state index in [1.165, 1.54) is 12.0 Å². The van der Waals surface area contributed by atoms with Crippen molar-refractivity contribution in [2.45, 2.75) is 54.4 Å². The second kappa shape index (κ2) is 12.9. The molecule has 0 radical (unpaired) electrons. The van der Waals surface area contributed by atoms with Gasteiger partial charge in [-0.25, -0.2) is 4.99 Å². The van der Waals surface area contributed by atoms with Crippen LogP contribution in [0.3, 0.4) is 0 Å². The molecule has 0 fully saturated rings. The summed E-state index contributed by atoms with van der Waals surface area (Å²) in [5, 5.41) is 6.99. The third-order valence-corrected chi connectivity index (χ3v) is 3.11. The number of benzene rings is 1. The second-order valence-electron chi connectivity index (χ2n) is 5.34. The number of aryl methyl sites for hydroxylation is 2. The van der Waals surface area contributed by atoms with Crippen molar-refractivity contribution in [2.75, 3.05) is 0 Å². The summed E-state index contributed by atoms with van der Waals surface area (Å²) in [4.78, 5) is 8.30. The predicted octanol–water partition coefficient (Wildman–Crippen LogP) is 5.37. The van der Waals surface area contributed by atoms with E-state index >= 15 is 0 Å². The van der Waals surface area contributed by atoms with Gasteiger partial charge in [-0.1, -0.05) is 47.1 Å². The standard InChI is InChI=1S/C16H18N4.C3H8.C2H6/c1-3-12-4-5-15(19-9-12)13-6-11(2)7-14(8-13)16(18)20-10-17;1-3-2;1-2/h4-10H,3H2,1-2H3,(H3,17,18,20);3H2,1-2H3;1-2H3. The van der Waals surface area contributed by atoms with Crippen molar-refractivity contribution in [3.05, 3.63) is 53.2 Å². The molecule has 0 saturated heterocycles. The number of nitrogens with two attached hydrogens (primary N) is 1. The van der Waals surface area contributed by atoms with Gasteiger partial charge in [-0.05, 0) is 48.7 Å². The number of hydrogen-bond donors (Lipinski definition) is 2. The van der Waals surface area contributed by atoms with Gasteiger partial charge in [-0.3, -0.25) is 10.4 Å². The van der Waals surface area contributed by atoms with Gasteiger partial charge in [-0.2, -0.15) is 0 Å². The zero-order chi connectivity index (χ0) is 19.2. The number of aromatic nitrogens is 1. The van der Waals surface area contributed by atoms with E-state index in [9.17, 15) is 0 Å². The van der Waals surface area contributed by atoms with E-state index in [1.807, 2.05) is 45.2 Å². The largest absolute Gasteiger partial charge is 0.383 e. The number of amidine groups is 1. The third kappa shape index (κ3) is 7.75. The van der Waals surface area contributed by atoms with Crippen LogP contribution in [0.25, 0.3) is 11.3 Å². The van der Waals surface area contributed by atoms with Gasteiger partial charge in [0, 0.05) is 17.3 Å². The van der Waals surface area contributed by atoms with Crippen LogP contribution in [0.5, 0.6) is 0 Å². The van der Waals surface area contributed by atoms with Gasteiger partial charge in [-0.15, -0.1) is 0 Å². The molecule has 2 aromatic rings. The van der Waals surface area contributed by atoms with Gasteiger partial charge >= 0.3 is 0 Å². The number of rotatable bonds is 4. The Morgan fingerprint density at radius 3 is 2.28 bits per heavy atom. The molecule has 0 spiro atoms. The molecule has 25 heavy (non-hydrogen) atoms. The van der Waals surface area contributed by atoms with E-state index in [2.05, 4.69) is 42.9 Å².